The monoisotopic (exact) mass is 772 g/mol. The second-order valence-corrected chi connectivity index (χ2v) is 15.3. The molecule has 0 radical (unpaired) electrons. The number of methoxy groups -OCH3 is 2. The molecule has 0 spiro atoms. The van der Waals surface area contributed by atoms with Gasteiger partial charge in [0.25, 0.3) is 0 Å². The Kier molecular flexibility index (Phi) is 8.98. The van der Waals surface area contributed by atoms with E-state index in [0.29, 0.717) is 21.9 Å². The average Bonchev–Trinajstić information content (AvgIpc) is 3.23. The lowest BCUT2D eigenvalue weighted by Crippen LogP contribution is -2.29. The van der Waals surface area contributed by atoms with Gasteiger partial charge in [0.1, 0.15) is 11.2 Å². The quantitative estimate of drug-likeness (QED) is 0.127. The van der Waals surface area contributed by atoms with Crippen molar-refractivity contribution in [2.75, 3.05) is 76.1 Å². The number of ether oxygens (including phenoxy) is 2. The number of hydrogen-bond donors (Lipinski definition) is 0. The first-order valence-electron chi connectivity index (χ1n) is 19.1. The molecule has 0 amide bonds. The molecule has 2 atom stereocenters. The van der Waals surface area contributed by atoms with Crippen molar-refractivity contribution in [1.82, 2.24) is 0 Å². The normalized spacial score (nSPS) is 15.4. The van der Waals surface area contributed by atoms with E-state index >= 15 is 0 Å². The van der Waals surface area contributed by atoms with Gasteiger partial charge < -0.3 is 37.9 Å². The number of para-hydroxylation sites is 2. The Morgan fingerprint density at radius 3 is 1.26 bits per heavy atom. The Balaban J connectivity index is 0.000000150. The van der Waals surface area contributed by atoms with E-state index in [2.05, 4.69) is 46.2 Å². The van der Waals surface area contributed by atoms with Gasteiger partial charge in [-0.1, -0.05) is 36.4 Å². The van der Waals surface area contributed by atoms with Gasteiger partial charge in [-0.2, -0.15) is 0 Å². The summed E-state index contributed by atoms with van der Waals surface area (Å²) in [6, 6.07) is 36.6. The fourth-order valence-electron chi connectivity index (χ4n) is 8.65. The van der Waals surface area contributed by atoms with Gasteiger partial charge in [-0.05, 0) is 71.8 Å². The molecule has 2 aliphatic heterocycles. The molecule has 0 saturated heterocycles. The van der Waals surface area contributed by atoms with Gasteiger partial charge in [-0.3, -0.25) is 0 Å². The standard InChI is InChI=1S/2C24H22N2O3/c2*1-25(2)14-9-10-16-18-12-17-15-7-5-6-8-21(15)26(3)23(28-4)19(17)13-20(18)24(27)29-22(16)11-14/h2*5-13,23H,1-4H3/t2*23-/m00/s1. The second-order valence-electron chi connectivity index (χ2n) is 15.3. The maximum atomic E-state index is 12.8. The second kappa shape index (κ2) is 14.1. The van der Waals surface area contributed by atoms with Gasteiger partial charge in [-0.15, -0.1) is 0 Å². The fraction of sp³-hybridized carbons (Fsp3) is 0.208. The highest BCUT2D eigenvalue weighted by Crippen LogP contribution is 2.47. The molecule has 4 heterocycles. The van der Waals surface area contributed by atoms with E-state index in [1.165, 1.54) is 0 Å². The van der Waals surface area contributed by atoms with Crippen LogP contribution < -0.4 is 30.9 Å². The third kappa shape index (κ3) is 5.78. The zero-order valence-electron chi connectivity index (χ0n) is 33.8. The Morgan fingerprint density at radius 1 is 0.483 bits per heavy atom. The molecule has 2 aromatic heterocycles. The van der Waals surface area contributed by atoms with E-state index < -0.39 is 0 Å². The summed E-state index contributed by atoms with van der Waals surface area (Å²) in [7, 11) is 15.3. The van der Waals surface area contributed by atoms with Crippen LogP contribution in [-0.2, 0) is 9.47 Å². The van der Waals surface area contributed by atoms with Crippen LogP contribution in [-0.4, -0.2) is 56.5 Å². The van der Waals surface area contributed by atoms with E-state index in [4.69, 9.17) is 18.3 Å². The van der Waals surface area contributed by atoms with E-state index in [1.54, 1.807) is 14.2 Å². The van der Waals surface area contributed by atoms with Crippen LogP contribution >= 0.6 is 0 Å². The van der Waals surface area contributed by atoms with Gasteiger partial charge in [0.15, 0.2) is 12.5 Å². The Labute approximate surface area is 335 Å². The number of anilines is 4. The van der Waals surface area contributed by atoms with Crippen molar-refractivity contribution < 1.29 is 18.3 Å². The average molecular weight is 773 g/mol. The highest BCUT2D eigenvalue weighted by molar-refractivity contribution is 6.09. The molecular weight excluding hydrogens is 729 g/mol. The molecule has 292 valence electrons. The smallest absolute Gasteiger partial charge is 0.344 e. The minimum atomic E-state index is -0.331. The van der Waals surface area contributed by atoms with Crippen LogP contribution in [0.5, 0.6) is 0 Å². The molecule has 2 aliphatic rings. The molecular formula is C48H44N4O6. The third-order valence-electron chi connectivity index (χ3n) is 11.6. The first-order valence-corrected chi connectivity index (χ1v) is 19.1. The van der Waals surface area contributed by atoms with Crippen molar-refractivity contribution in [3.05, 3.63) is 141 Å². The van der Waals surface area contributed by atoms with Gasteiger partial charge in [0.2, 0.25) is 0 Å². The van der Waals surface area contributed by atoms with Crippen LogP contribution in [0.3, 0.4) is 0 Å². The predicted molar refractivity (Wildman–Crippen MR) is 236 cm³/mol. The van der Waals surface area contributed by atoms with Crippen LogP contribution in [0.2, 0.25) is 0 Å². The zero-order valence-corrected chi connectivity index (χ0v) is 33.8. The first kappa shape index (κ1) is 37.0. The van der Waals surface area contributed by atoms with Crippen molar-refractivity contribution in [2.45, 2.75) is 12.5 Å². The minimum absolute atomic E-state index is 0.268. The van der Waals surface area contributed by atoms with Crippen molar-refractivity contribution >= 4 is 66.2 Å². The van der Waals surface area contributed by atoms with E-state index in [-0.39, 0.29) is 23.7 Å². The maximum Gasteiger partial charge on any atom is 0.344 e. The molecule has 58 heavy (non-hydrogen) atoms. The summed E-state index contributed by atoms with van der Waals surface area (Å²) in [5, 5.41) is 4.80. The summed E-state index contributed by atoms with van der Waals surface area (Å²) in [4.78, 5) is 33.9. The van der Waals surface area contributed by atoms with Crippen molar-refractivity contribution in [3.8, 4) is 22.3 Å². The molecule has 0 N–H and O–H groups in total. The van der Waals surface area contributed by atoms with Gasteiger partial charge in [-0.25, -0.2) is 9.59 Å². The zero-order chi connectivity index (χ0) is 40.6. The molecule has 0 aliphatic carbocycles. The number of nitrogens with zero attached hydrogens (tertiary/aromatic N) is 4. The summed E-state index contributed by atoms with van der Waals surface area (Å²) in [5.74, 6) is 0. The van der Waals surface area contributed by atoms with E-state index in [1.807, 2.05) is 125 Å². The van der Waals surface area contributed by atoms with Crippen LogP contribution in [0.15, 0.2) is 128 Å². The third-order valence-corrected chi connectivity index (χ3v) is 11.6. The summed E-state index contributed by atoms with van der Waals surface area (Å²) in [5.41, 5.74) is 11.1. The highest BCUT2D eigenvalue weighted by atomic mass is 16.5. The largest absolute Gasteiger partial charge is 0.422 e. The van der Waals surface area contributed by atoms with Gasteiger partial charge >= 0.3 is 11.3 Å². The summed E-state index contributed by atoms with van der Waals surface area (Å²) >= 11 is 0. The topological polar surface area (TPSA) is 91.8 Å². The minimum Gasteiger partial charge on any atom is -0.422 e. The van der Waals surface area contributed by atoms with E-state index in [0.717, 1.165) is 77.7 Å². The first-order chi connectivity index (χ1) is 28.0. The Morgan fingerprint density at radius 2 is 0.879 bits per heavy atom. The molecule has 0 unspecified atom stereocenters. The number of hydrogen-bond acceptors (Lipinski definition) is 10. The van der Waals surface area contributed by atoms with Gasteiger partial charge in [0.05, 0.1) is 10.8 Å². The molecule has 6 aromatic carbocycles. The van der Waals surface area contributed by atoms with Crippen molar-refractivity contribution in [3.63, 3.8) is 0 Å². The van der Waals surface area contributed by atoms with Crippen LogP contribution in [0.1, 0.15) is 23.6 Å². The van der Waals surface area contributed by atoms with Gasteiger partial charge in [0, 0.05) is 135 Å². The van der Waals surface area contributed by atoms with Crippen LogP contribution in [0, 0.1) is 0 Å². The number of fused-ring (bicyclic) bond motifs is 12. The van der Waals surface area contributed by atoms with Crippen LogP contribution in [0.25, 0.3) is 65.7 Å². The predicted octanol–water partition coefficient (Wildman–Crippen LogP) is 9.55. The molecule has 8 aromatic rings. The van der Waals surface area contributed by atoms with Crippen molar-refractivity contribution in [2.24, 2.45) is 0 Å². The van der Waals surface area contributed by atoms with Crippen molar-refractivity contribution in [1.29, 1.82) is 0 Å². The highest BCUT2D eigenvalue weighted by Gasteiger charge is 2.31. The maximum absolute atomic E-state index is 12.8. The number of rotatable bonds is 4. The molecule has 0 saturated carbocycles. The summed E-state index contributed by atoms with van der Waals surface area (Å²) in [6.07, 6.45) is -0.536. The lowest BCUT2D eigenvalue weighted by atomic mass is 9.89. The molecule has 0 fully saturated rings. The lowest BCUT2D eigenvalue weighted by Gasteiger charge is -2.36. The molecule has 10 rings (SSSR count). The molecule has 10 nitrogen and oxygen atoms in total. The molecule has 0 bridgehead atoms. The summed E-state index contributed by atoms with van der Waals surface area (Å²) < 4.78 is 23.0. The summed E-state index contributed by atoms with van der Waals surface area (Å²) in [6.45, 7) is 0. The Bertz CT molecular complexity index is 2850. The lowest BCUT2D eigenvalue weighted by molar-refractivity contribution is 0.103. The number of benzene rings is 6. The SMILES string of the molecule is CO[C@H]1c2cc3c(=O)oc4cc(N(C)C)ccc4c3cc2-c2ccccc2N1C.CO[C@H]1c2cc3c(=O)oc4cc(N(C)C)ccc4c3cc2-c2ccccc2N1C. The van der Waals surface area contributed by atoms with Crippen LogP contribution in [0.4, 0.5) is 22.7 Å². The fourth-order valence-corrected chi connectivity index (χ4v) is 8.65. The van der Waals surface area contributed by atoms with E-state index in [9.17, 15) is 9.59 Å². The molecule has 10 heteroatoms. The Hall–Kier alpha value is -6.62.